The first-order chi connectivity index (χ1) is 8.22. The minimum Gasteiger partial charge on any atom is -0.397 e. The van der Waals surface area contributed by atoms with Crippen molar-refractivity contribution in [1.29, 1.82) is 0 Å². The molecule has 0 amide bonds. The summed E-state index contributed by atoms with van der Waals surface area (Å²) in [6.45, 7) is 1.95. The van der Waals surface area contributed by atoms with Crippen LogP contribution in [0.25, 0.3) is 22.6 Å². The van der Waals surface area contributed by atoms with Crippen LogP contribution >= 0.6 is 0 Å². The molecule has 3 aromatic heterocycles. The van der Waals surface area contributed by atoms with E-state index < -0.39 is 0 Å². The van der Waals surface area contributed by atoms with Gasteiger partial charge < -0.3 is 10.7 Å². The molecule has 3 rings (SSSR count). The van der Waals surface area contributed by atoms with Gasteiger partial charge in [0.2, 0.25) is 0 Å². The lowest BCUT2D eigenvalue weighted by Crippen LogP contribution is -1.85. The molecule has 3 heterocycles. The number of hydrogen-bond donors (Lipinski definition) is 2. The molecule has 0 spiro atoms. The molecule has 0 bridgehead atoms. The number of aromatic nitrogens is 4. The fraction of sp³-hybridized carbons (Fsp3) is 0.0833. The van der Waals surface area contributed by atoms with Gasteiger partial charge in [0.05, 0.1) is 11.9 Å². The van der Waals surface area contributed by atoms with E-state index in [1.54, 1.807) is 18.5 Å². The van der Waals surface area contributed by atoms with Crippen LogP contribution in [0.15, 0.2) is 30.6 Å². The maximum absolute atomic E-state index is 5.67. The first-order valence-electron chi connectivity index (χ1n) is 5.26. The van der Waals surface area contributed by atoms with Gasteiger partial charge in [-0.1, -0.05) is 0 Å². The summed E-state index contributed by atoms with van der Waals surface area (Å²) in [7, 11) is 0. The Bertz CT molecular complexity index is 686. The number of nitrogens with one attached hydrogen (secondary N) is 1. The number of aryl methyl sites for hydroxylation is 1. The number of hydrogen-bond acceptors (Lipinski definition) is 4. The number of pyridine rings is 2. The summed E-state index contributed by atoms with van der Waals surface area (Å²) < 4.78 is 0. The van der Waals surface area contributed by atoms with Gasteiger partial charge in [-0.25, -0.2) is 9.97 Å². The van der Waals surface area contributed by atoms with Gasteiger partial charge in [0.15, 0.2) is 5.65 Å². The Morgan fingerprint density at radius 1 is 1.24 bits per heavy atom. The summed E-state index contributed by atoms with van der Waals surface area (Å²) in [4.78, 5) is 16.0. The summed E-state index contributed by atoms with van der Waals surface area (Å²) in [5, 5.41) is 0. The van der Waals surface area contributed by atoms with Crippen molar-refractivity contribution in [2.45, 2.75) is 6.92 Å². The van der Waals surface area contributed by atoms with Gasteiger partial charge in [-0.05, 0) is 25.1 Å². The largest absolute Gasteiger partial charge is 0.397 e. The first kappa shape index (κ1) is 9.77. The number of H-pyrrole nitrogens is 1. The third-order valence-electron chi connectivity index (χ3n) is 2.53. The Kier molecular flexibility index (Phi) is 2.04. The lowest BCUT2D eigenvalue weighted by Gasteiger charge is -1.96. The Labute approximate surface area is 97.7 Å². The first-order valence-corrected chi connectivity index (χ1v) is 5.26. The van der Waals surface area contributed by atoms with Crippen LogP contribution in [-0.4, -0.2) is 19.9 Å². The van der Waals surface area contributed by atoms with E-state index in [0.717, 1.165) is 28.2 Å². The van der Waals surface area contributed by atoms with E-state index in [1.807, 2.05) is 19.1 Å². The lowest BCUT2D eigenvalue weighted by atomic mass is 10.2. The van der Waals surface area contributed by atoms with Crippen molar-refractivity contribution in [3.05, 3.63) is 36.3 Å². The average molecular weight is 225 g/mol. The Hall–Kier alpha value is -2.43. The predicted octanol–water partition coefficient (Wildman–Crippen LogP) is 1.91. The van der Waals surface area contributed by atoms with Crippen LogP contribution in [0.3, 0.4) is 0 Å². The number of fused-ring (bicyclic) bond motifs is 1. The van der Waals surface area contributed by atoms with Crippen molar-refractivity contribution < 1.29 is 0 Å². The molecule has 17 heavy (non-hydrogen) atoms. The second kappa shape index (κ2) is 3.55. The Morgan fingerprint density at radius 2 is 2.12 bits per heavy atom. The summed E-state index contributed by atoms with van der Waals surface area (Å²) in [6, 6.07) is 5.69. The van der Waals surface area contributed by atoms with Crippen molar-refractivity contribution in [1.82, 2.24) is 19.9 Å². The molecule has 3 aromatic rings. The molecule has 0 aromatic carbocycles. The quantitative estimate of drug-likeness (QED) is 0.663. The standard InChI is InChI=1S/C12H11N5/c1-7-4-8(2-3-14-7)11-16-10-5-9(13)6-15-12(10)17-11/h2-6H,13H2,1H3,(H,15,16,17). The van der Waals surface area contributed by atoms with E-state index in [9.17, 15) is 0 Å². The molecular formula is C12H11N5. The fourth-order valence-corrected chi connectivity index (χ4v) is 1.74. The molecule has 0 unspecified atom stereocenters. The third kappa shape index (κ3) is 1.71. The summed E-state index contributed by atoms with van der Waals surface area (Å²) >= 11 is 0. The zero-order valence-electron chi connectivity index (χ0n) is 9.31. The van der Waals surface area contributed by atoms with E-state index in [2.05, 4.69) is 19.9 Å². The average Bonchev–Trinajstić information content (AvgIpc) is 2.72. The van der Waals surface area contributed by atoms with E-state index in [1.165, 1.54) is 0 Å². The lowest BCUT2D eigenvalue weighted by molar-refractivity contribution is 1.19. The normalized spacial score (nSPS) is 10.9. The van der Waals surface area contributed by atoms with Crippen LogP contribution in [0, 0.1) is 6.92 Å². The topological polar surface area (TPSA) is 80.5 Å². The fourth-order valence-electron chi connectivity index (χ4n) is 1.74. The molecule has 0 saturated heterocycles. The van der Waals surface area contributed by atoms with Crippen molar-refractivity contribution >= 4 is 16.9 Å². The SMILES string of the molecule is Cc1cc(-c2nc3cc(N)cnc3[nH]2)ccn1. The minimum atomic E-state index is 0.612. The molecule has 0 aliphatic carbocycles. The van der Waals surface area contributed by atoms with E-state index in [0.29, 0.717) is 5.69 Å². The molecule has 0 fully saturated rings. The number of imidazole rings is 1. The second-order valence-electron chi connectivity index (χ2n) is 3.91. The van der Waals surface area contributed by atoms with Gasteiger partial charge in [-0.3, -0.25) is 4.98 Å². The summed E-state index contributed by atoms with van der Waals surface area (Å²) in [5.41, 5.74) is 9.74. The van der Waals surface area contributed by atoms with E-state index in [4.69, 9.17) is 5.73 Å². The zero-order valence-corrected chi connectivity index (χ0v) is 9.31. The van der Waals surface area contributed by atoms with Gasteiger partial charge in [0.25, 0.3) is 0 Å². The van der Waals surface area contributed by atoms with E-state index in [-0.39, 0.29) is 0 Å². The van der Waals surface area contributed by atoms with Crippen LogP contribution < -0.4 is 5.73 Å². The highest BCUT2D eigenvalue weighted by Gasteiger charge is 2.06. The number of nitrogen functional groups attached to an aromatic ring is 1. The molecule has 0 atom stereocenters. The van der Waals surface area contributed by atoms with Gasteiger partial charge in [0.1, 0.15) is 11.3 Å². The van der Waals surface area contributed by atoms with Crippen molar-refractivity contribution in [3.8, 4) is 11.4 Å². The van der Waals surface area contributed by atoms with Crippen LogP contribution in [0.1, 0.15) is 5.69 Å². The summed E-state index contributed by atoms with van der Waals surface area (Å²) in [6.07, 6.45) is 3.38. The molecule has 3 N–H and O–H groups in total. The highest BCUT2D eigenvalue weighted by molar-refractivity contribution is 5.78. The highest BCUT2D eigenvalue weighted by atomic mass is 15.0. The van der Waals surface area contributed by atoms with Crippen LogP contribution in [-0.2, 0) is 0 Å². The molecule has 0 aliphatic heterocycles. The van der Waals surface area contributed by atoms with Gasteiger partial charge in [0, 0.05) is 17.5 Å². The van der Waals surface area contributed by atoms with Crippen LogP contribution in [0.2, 0.25) is 0 Å². The Morgan fingerprint density at radius 3 is 2.94 bits per heavy atom. The van der Waals surface area contributed by atoms with E-state index >= 15 is 0 Å². The smallest absolute Gasteiger partial charge is 0.157 e. The summed E-state index contributed by atoms with van der Waals surface area (Å²) in [5.74, 6) is 0.781. The van der Waals surface area contributed by atoms with Crippen molar-refractivity contribution in [2.75, 3.05) is 5.73 Å². The number of aromatic amines is 1. The van der Waals surface area contributed by atoms with Crippen LogP contribution in [0.5, 0.6) is 0 Å². The Balaban J connectivity index is 2.18. The maximum Gasteiger partial charge on any atom is 0.157 e. The maximum atomic E-state index is 5.67. The number of rotatable bonds is 1. The zero-order chi connectivity index (χ0) is 11.8. The van der Waals surface area contributed by atoms with Crippen molar-refractivity contribution in [2.24, 2.45) is 0 Å². The molecule has 0 radical (unpaired) electrons. The minimum absolute atomic E-state index is 0.612. The van der Waals surface area contributed by atoms with Gasteiger partial charge in [-0.15, -0.1) is 0 Å². The number of anilines is 1. The second-order valence-corrected chi connectivity index (χ2v) is 3.91. The monoisotopic (exact) mass is 225 g/mol. The van der Waals surface area contributed by atoms with Gasteiger partial charge >= 0.3 is 0 Å². The number of nitrogens with zero attached hydrogens (tertiary/aromatic N) is 3. The molecular weight excluding hydrogens is 214 g/mol. The van der Waals surface area contributed by atoms with Crippen LogP contribution in [0.4, 0.5) is 5.69 Å². The molecule has 5 heteroatoms. The van der Waals surface area contributed by atoms with Crippen molar-refractivity contribution in [3.63, 3.8) is 0 Å². The third-order valence-corrected chi connectivity index (χ3v) is 2.53. The predicted molar refractivity (Wildman–Crippen MR) is 66.3 cm³/mol. The molecule has 84 valence electrons. The van der Waals surface area contributed by atoms with Gasteiger partial charge in [-0.2, -0.15) is 0 Å². The molecule has 5 nitrogen and oxygen atoms in total. The molecule has 0 aliphatic rings. The molecule has 0 saturated carbocycles. The number of nitrogens with two attached hydrogens (primary N) is 1. The highest BCUT2D eigenvalue weighted by Crippen LogP contribution is 2.20.